The van der Waals surface area contributed by atoms with Crippen LogP contribution in [0.1, 0.15) is 32.8 Å². The molecule has 0 spiro atoms. The molecule has 4 nitrogen and oxygen atoms in total. The summed E-state index contributed by atoms with van der Waals surface area (Å²) in [7, 11) is 0. The predicted molar refractivity (Wildman–Crippen MR) is 86.9 cm³/mol. The van der Waals surface area contributed by atoms with Gasteiger partial charge in [-0.05, 0) is 49.4 Å². The molecular weight excluding hydrogens is 262 g/mol. The predicted octanol–water partition coefficient (Wildman–Crippen LogP) is 2.45. The summed E-state index contributed by atoms with van der Waals surface area (Å²) in [5.41, 5.74) is 7.48. The van der Waals surface area contributed by atoms with Gasteiger partial charge in [0.2, 0.25) is 5.91 Å². The van der Waals surface area contributed by atoms with E-state index in [4.69, 9.17) is 5.73 Å². The minimum Gasteiger partial charge on any atom is -0.326 e. The Balaban J connectivity index is 1.90. The summed E-state index contributed by atoms with van der Waals surface area (Å²) < 4.78 is 0. The van der Waals surface area contributed by atoms with E-state index in [9.17, 15) is 4.79 Å². The van der Waals surface area contributed by atoms with Crippen LogP contribution in [0.4, 0.5) is 5.69 Å². The molecule has 1 saturated heterocycles. The zero-order valence-electron chi connectivity index (χ0n) is 13.3. The quantitative estimate of drug-likeness (QED) is 0.875. The molecule has 1 aromatic carbocycles. The van der Waals surface area contributed by atoms with Crippen molar-refractivity contribution < 1.29 is 4.79 Å². The molecule has 1 amide bonds. The second-order valence-corrected chi connectivity index (χ2v) is 6.35. The van der Waals surface area contributed by atoms with Crippen LogP contribution in [0.3, 0.4) is 0 Å². The zero-order chi connectivity index (χ0) is 15.4. The molecule has 0 saturated carbocycles. The van der Waals surface area contributed by atoms with E-state index in [0.717, 1.165) is 24.3 Å². The van der Waals surface area contributed by atoms with Crippen LogP contribution in [0.25, 0.3) is 0 Å². The van der Waals surface area contributed by atoms with Gasteiger partial charge in [0.15, 0.2) is 0 Å². The summed E-state index contributed by atoms with van der Waals surface area (Å²) in [4.78, 5) is 14.6. The van der Waals surface area contributed by atoms with Crippen molar-refractivity contribution in [2.24, 2.45) is 17.6 Å². The Bertz CT molecular complexity index is 469. The van der Waals surface area contributed by atoms with Crippen LogP contribution in [0, 0.1) is 11.8 Å². The van der Waals surface area contributed by atoms with Crippen molar-refractivity contribution in [3.63, 3.8) is 0 Å². The van der Waals surface area contributed by atoms with Crippen LogP contribution < -0.4 is 11.1 Å². The largest absolute Gasteiger partial charge is 0.326 e. The van der Waals surface area contributed by atoms with Crippen molar-refractivity contribution in [2.75, 3.05) is 18.4 Å². The van der Waals surface area contributed by atoms with Crippen molar-refractivity contribution in [3.05, 3.63) is 29.8 Å². The fourth-order valence-electron chi connectivity index (χ4n) is 2.85. The minimum atomic E-state index is -0.0806. The van der Waals surface area contributed by atoms with Crippen LogP contribution >= 0.6 is 0 Å². The lowest BCUT2D eigenvalue weighted by atomic mass is 9.95. The Hall–Kier alpha value is -1.39. The third kappa shape index (κ3) is 4.05. The number of carbonyl (C=O) groups is 1. The van der Waals surface area contributed by atoms with Crippen LogP contribution in [0.5, 0.6) is 0 Å². The highest BCUT2D eigenvalue weighted by Crippen LogP contribution is 2.25. The Morgan fingerprint density at radius 2 is 2.00 bits per heavy atom. The van der Waals surface area contributed by atoms with Gasteiger partial charge in [0, 0.05) is 18.8 Å². The first-order valence-electron chi connectivity index (χ1n) is 7.85. The van der Waals surface area contributed by atoms with Crippen LogP contribution in [0.15, 0.2) is 24.3 Å². The average molecular weight is 289 g/mol. The maximum atomic E-state index is 12.4. The van der Waals surface area contributed by atoms with Crippen molar-refractivity contribution in [1.29, 1.82) is 0 Å². The topological polar surface area (TPSA) is 58.4 Å². The van der Waals surface area contributed by atoms with Crippen molar-refractivity contribution in [2.45, 2.75) is 39.8 Å². The Morgan fingerprint density at radius 1 is 1.33 bits per heavy atom. The number of hydrogen-bond acceptors (Lipinski definition) is 3. The summed E-state index contributed by atoms with van der Waals surface area (Å²) in [6, 6.07) is 7.64. The molecule has 1 aliphatic rings. The first kappa shape index (κ1) is 16.0. The highest BCUT2D eigenvalue weighted by atomic mass is 16.2. The molecule has 116 valence electrons. The van der Waals surface area contributed by atoms with Crippen molar-refractivity contribution >= 4 is 11.6 Å². The fraction of sp³-hybridized carbons (Fsp3) is 0.588. The minimum absolute atomic E-state index is 0.0694. The monoisotopic (exact) mass is 289 g/mol. The lowest BCUT2D eigenvalue weighted by Gasteiger charge is -2.24. The summed E-state index contributed by atoms with van der Waals surface area (Å²) in [6.45, 7) is 9.08. The second-order valence-electron chi connectivity index (χ2n) is 6.35. The van der Waals surface area contributed by atoms with Gasteiger partial charge in [-0.3, -0.25) is 9.69 Å². The number of rotatable bonds is 5. The number of anilines is 1. The van der Waals surface area contributed by atoms with E-state index in [2.05, 4.69) is 24.1 Å². The molecular formula is C17H27N3O. The highest BCUT2D eigenvalue weighted by Gasteiger charge is 2.30. The summed E-state index contributed by atoms with van der Waals surface area (Å²) >= 11 is 0. The van der Waals surface area contributed by atoms with E-state index < -0.39 is 0 Å². The van der Waals surface area contributed by atoms with Crippen LogP contribution in [-0.4, -0.2) is 29.9 Å². The second kappa shape index (κ2) is 7.05. The number of nitrogens with two attached hydrogens (primary N) is 1. The fourth-order valence-corrected chi connectivity index (χ4v) is 2.85. The number of benzene rings is 1. The molecule has 1 heterocycles. The molecule has 4 heteroatoms. The standard InChI is InChI=1S/C17H27N3O/c1-12(2)15-8-9-20(11-15)13(3)17(21)19-16-6-4-14(10-18)5-7-16/h4-7,12-13,15H,8-11,18H2,1-3H3,(H,19,21). The van der Waals surface area contributed by atoms with Crippen LogP contribution in [-0.2, 0) is 11.3 Å². The third-order valence-corrected chi connectivity index (χ3v) is 4.58. The van der Waals surface area contributed by atoms with E-state index in [1.807, 2.05) is 31.2 Å². The molecule has 1 fully saturated rings. The molecule has 0 aromatic heterocycles. The lowest BCUT2D eigenvalue weighted by molar-refractivity contribution is -0.120. The normalized spacial score (nSPS) is 20.7. The van der Waals surface area contributed by atoms with E-state index in [0.29, 0.717) is 18.4 Å². The summed E-state index contributed by atoms with van der Waals surface area (Å²) in [5.74, 6) is 1.47. The van der Waals surface area contributed by atoms with E-state index in [1.165, 1.54) is 6.42 Å². The maximum Gasteiger partial charge on any atom is 0.241 e. The number of nitrogens with one attached hydrogen (secondary N) is 1. The number of carbonyl (C=O) groups excluding carboxylic acids is 1. The van der Waals surface area contributed by atoms with E-state index in [-0.39, 0.29) is 11.9 Å². The molecule has 21 heavy (non-hydrogen) atoms. The van der Waals surface area contributed by atoms with Crippen molar-refractivity contribution in [3.8, 4) is 0 Å². The molecule has 0 aliphatic carbocycles. The molecule has 0 radical (unpaired) electrons. The molecule has 0 bridgehead atoms. The van der Waals surface area contributed by atoms with Gasteiger partial charge in [-0.15, -0.1) is 0 Å². The summed E-state index contributed by atoms with van der Waals surface area (Å²) in [5, 5.41) is 2.99. The van der Waals surface area contributed by atoms with Crippen molar-refractivity contribution in [1.82, 2.24) is 4.90 Å². The van der Waals surface area contributed by atoms with Gasteiger partial charge < -0.3 is 11.1 Å². The highest BCUT2D eigenvalue weighted by molar-refractivity contribution is 5.94. The SMILES string of the molecule is CC(C)C1CCN(C(C)C(=O)Nc2ccc(CN)cc2)C1. The Morgan fingerprint density at radius 3 is 2.52 bits per heavy atom. The molecule has 3 N–H and O–H groups in total. The summed E-state index contributed by atoms with van der Waals surface area (Å²) in [6.07, 6.45) is 1.19. The molecule has 2 atom stereocenters. The van der Waals surface area contributed by atoms with E-state index >= 15 is 0 Å². The number of hydrogen-bond donors (Lipinski definition) is 2. The van der Waals surface area contributed by atoms with E-state index in [1.54, 1.807) is 0 Å². The van der Waals surface area contributed by atoms with Gasteiger partial charge in [-0.25, -0.2) is 0 Å². The zero-order valence-corrected chi connectivity index (χ0v) is 13.3. The van der Waals surface area contributed by atoms with Gasteiger partial charge >= 0.3 is 0 Å². The smallest absolute Gasteiger partial charge is 0.241 e. The molecule has 2 unspecified atom stereocenters. The van der Waals surface area contributed by atoms with Gasteiger partial charge in [0.05, 0.1) is 6.04 Å². The molecule has 1 aromatic rings. The van der Waals surface area contributed by atoms with Crippen LogP contribution in [0.2, 0.25) is 0 Å². The third-order valence-electron chi connectivity index (χ3n) is 4.58. The number of amides is 1. The Labute approximate surface area is 127 Å². The van der Waals surface area contributed by atoms with Gasteiger partial charge in [-0.1, -0.05) is 26.0 Å². The molecule has 1 aliphatic heterocycles. The van der Waals surface area contributed by atoms with Gasteiger partial charge in [0.25, 0.3) is 0 Å². The van der Waals surface area contributed by atoms with Gasteiger partial charge in [-0.2, -0.15) is 0 Å². The molecule has 2 rings (SSSR count). The first-order valence-corrected chi connectivity index (χ1v) is 7.85. The maximum absolute atomic E-state index is 12.4. The Kier molecular flexibility index (Phi) is 5.37. The number of nitrogens with zero attached hydrogens (tertiary/aromatic N) is 1. The van der Waals surface area contributed by atoms with Gasteiger partial charge in [0.1, 0.15) is 0 Å². The number of likely N-dealkylation sites (tertiary alicyclic amines) is 1. The lowest BCUT2D eigenvalue weighted by Crippen LogP contribution is -2.40. The first-order chi connectivity index (χ1) is 10.0. The average Bonchev–Trinajstić information content (AvgIpc) is 2.97.